The number of phosphoric acid groups is 3. The number of fused-ring (bicyclic) bond motifs is 1. The molecule has 3 rings (SSSR count). The van der Waals surface area contributed by atoms with Gasteiger partial charge in [-0.25, -0.2) is 28.6 Å². The maximum Gasteiger partial charge on any atom is 0.481 e. The molecule has 2 aromatic heterocycles. The summed E-state index contributed by atoms with van der Waals surface area (Å²) in [6, 6.07) is -1.13. The standard InChI is InChI=1S/C40H61N8O22P3S2/c1-40(2,21-67-73(64,65)70-72(62,63)66-19-26-33(69-71(59,60)61)32(54)38(68-26)48-23-47-31-35(42)45-22-46-36(31)48)34(55)37(56)44-16-15-28(50)43-17-18-74-30(53)14-9-7-5-3-4-6-8-12-27(75-20-24(41)39(57)58)25(49)11-10-13-29(51)52/h3-9,12,22-27,32-34,38,49,54-55H,10-11,13-21,41H2,1-2H3,(H,43,50)(H,44,56)(H,51,52)(H,57,58)(H,62,63)(H,64,65)(H2,42,45,46)(H2,59,60,61)/b5-3-,6-4+,9-7+,12-8+/t24-,25+,26-,27-,32+,33+,34?,38-/m1/s1. The molecule has 0 radical (unpaired) electrons. The molecule has 35 heteroatoms. The van der Waals surface area contributed by atoms with Gasteiger partial charge in [0, 0.05) is 54.5 Å². The van der Waals surface area contributed by atoms with Crippen LogP contribution in [0.25, 0.3) is 11.2 Å². The third kappa shape index (κ3) is 23.5. The van der Waals surface area contributed by atoms with Crippen molar-refractivity contribution < 1.29 is 105 Å². The van der Waals surface area contributed by atoms with Gasteiger partial charge in [-0.05, 0) is 12.8 Å². The van der Waals surface area contributed by atoms with E-state index in [9.17, 15) is 72.6 Å². The molecule has 75 heavy (non-hydrogen) atoms. The average Bonchev–Trinajstić information content (AvgIpc) is 3.88. The zero-order chi connectivity index (χ0) is 56.1. The van der Waals surface area contributed by atoms with E-state index in [4.69, 9.17) is 35.5 Å². The van der Waals surface area contributed by atoms with E-state index in [-0.39, 0.29) is 78.8 Å². The molecule has 1 saturated heterocycles. The first kappa shape index (κ1) is 65.0. The van der Waals surface area contributed by atoms with Crippen molar-refractivity contribution in [3.05, 3.63) is 61.3 Å². The van der Waals surface area contributed by atoms with Crippen molar-refractivity contribution in [3.63, 3.8) is 0 Å². The van der Waals surface area contributed by atoms with Crippen LogP contribution in [-0.2, 0) is 60.3 Å². The second-order valence-corrected chi connectivity index (χ2v) is 23.3. The van der Waals surface area contributed by atoms with Crippen LogP contribution in [0.5, 0.6) is 0 Å². The molecule has 3 heterocycles. The summed E-state index contributed by atoms with van der Waals surface area (Å²) in [4.78, 5) is 110. The highest BCUT2D eigenvalue weighted by atomic mass is 32.2. The number of hydrogen-bond donors (Lipinski definition) is 13. The summed E-state index contributed by atoms with van der Waals surface area (Å²) in [5.41, 5.74) is 9.75. The fourth-order valence-corrected chi connectivity index (χ4v) is 10.8. The van der Waals surface area contributed by atoms with Gasteiger partial charge in [0.1, 0.15) is 42.3 Å². The van der Waals surface area contributed by atoms with Gasteiger partial charge >= 0.3 is 35.4 Å². The molecular formula is C40H61N8O22P3S2. The van der Waals surface area contributed by atoms with Crippen molar-refractivity contribution >= 4 is 92.8 Å². The zero-order valence-corrected chi connectivity index (χ0v) is 44.4. The topological polar surface area (TPSA) is 484 Å². The molecule has 1 fully saturated rings. The highest BCUT2D eigenvalue weighted by molar-refractivity contribution is 8.13. The van der Waals surface area contributed by atoms with Gasteiger partial charge in [0.25, 0.3) is 0 Å². The number of nitrogens with one attached hydrogen (secondary N) is 2. The fourth-order valence-electron chi connectivity index (χ4n) is 6.23. The van der Waals surface area contributed by atoms with Crippen LogP contribution in [0.4, 0.5) is 5.82 Å². The Morgan fingerprint density at radius 2 is 1.60 bits per heavy atom. The van der Waals surface area contributed by atoms with Crippen LogP contribution in [0.15, 0.2) is 61.3 Å². The Hall–Kier alpha value is -4.27. The summed E-state index contributed by atoms with van der Waals surface area (Å²) in [5.74, 6) is -3.48. The summed E-state index contributed by atoms with van der Waals surface area (Å²) < 4.78 is 62.4. The predicted molar refractivity (Wildman–Crippen MR) is 268 cm³/mol. The van der Waals surface area contributed by atoms with Crippen molar-refractivity contribution in [2.45, 2.75) is 94.0 Å². The number of carbonyl (C=O) groups is 5. The highest BCUT2D eigenvalue weighted by Crippen LogP contribution is 2.61. The van der Waals surface area contributed by atoms with Crippen LogP contribution >= 0.6 is 47.0 Å². The number of aliphatic carboxylic acids is 2. The number of carboxylic acids is 2. The van der Waals surface area contributed by atoms with E-state index in [1.807, 2.05) is 0 Å². The van der Waals surface area contributed by atoms with Crippen LogP contribution in [0, 0.1) is 5.41 Å². The Kier molecular flexibility index (Phi) is 26.5. The number of nitrogen functional groups attached to an aromatic ring is 1. The number of carbonyl (C=O) groups excluding carboxylic acids is 3. The van der Waals surface area contributed by atoms with E-state index in [1.54, 1.807) is 48.6 Å². The van der Waals surface area contributed by atoms with Gasteiger partial charge in [-0.15, -0.1) is 11.8 Å². The Balaban J connectivity index is 1.35. The minimum atomic E-state index is -5.61. The molecule has 420 valence electrons. The molecule has 0 bridgehead atoms. The van der Waals surface area contributed by atoms with Gasteiger partial charge in [0.15, 0.2) is 22.8 Å². The van der Waals surface area contributed by atoms with E-state index in [2.05, 4.69) is 34.4 Å². The van der Waals surface area contributed by atoms with Crippen LogP contribution < -0.4 is 22.1 Å². The second-order valence-electron chi connectivity index (χ2n) is 16.7. The monoisotopic (exact) mass is 1160 g/mol. The third-order valence-electron chi connectivity index (χ3n) is 10.1. The number of phosphoric ester groups is 3. The lowest BCUT2D eigenvalue weighted by Crippen LogP contribution is -2.46. The Morgan fingerprint density at radius 3 is 2.27 bits per heavy atom. The van der Waals surface area contributed by atoms with Gasteiger partial charge in [0.2, 0.25) is 11.8 Å². The maximum absolute atomic E-state index is 12.8. The molecule has 2 aromatic rings. The summed E-state index contributed by atoms with van der Waals surface area (Å²) in [6.45, 7) is 0.218. The average molecular weight is 1160 g/mol. The van der Waals surface area contributed by atoms with Crippen LogP contribution in [0.3, 0.4) is 0 Å². The normalized spacial score (nSPS) is 20.8. The summed E-state index contributed by atoms with van der Waals surface area (Å²) in [5, 5.41) is 54.2. The largest absolute Gasteiger partial charge is 0.481 e. The number of anilines is 1. The smallest absolute Gasteiger partial charge is 0.481 e. The number of nitrogens with zero attached hydrogens (tertiary/aromatic N) is 4. The number of thioether (sulfide) groups is 2. The molecule has 2 amide bonds. The van der Waals surface area contributed by atoms with Crippen LogP contribution in [-0.4, -0.2) is 173 Å². The molecule has 1 aliphatic rings. The number of carboxylic acid groups (broad SMARTS) is 2. The lowest BCUT2D eigenvalue weighted by molar-refractivity contribution is -0.138. The van der Waals surface area contributed by atoms with Gasteiger partial charge < -0.3 is 71.9 Å². The van der Waals surface area contributed by atoms with Gasteiger partial charge in [-0.1, -0.05) is 74.2 Å². The number of amides is 2. The zero-order valence-electron chi connectivity index (χ0n) is 40.1. The summed E-state index contributed by atoms with van der Waals surface area (Å²) in [6.07, 6.45) is 5.60. The molecule has 0 spiro atoms. The lowest BCUT2D eigenvalue weighted by atomic mass is 9.87. The number of aliphatic hydroxyl groups excluding tert-OH is 3. The fraction of sp³-hybridized carbons (Fsp3) is 0.550. The highest BCUT2D eigenvalue weighted by Gasteiger charge is 2.50. The minimum absolute atomic E-state index is 0.0125. The third-order valence-corrected chi connectivity index (χ3v) is 15.5. The van der Waals surface area contributed by atoms with Gasteiger partial charge in [0.05, 0.1) is 25.6 Å². The number of ether oxygens (including phenoxy) is 1. The first-order valence-corrected chi connectivity index (χ1v) is 28.8. The molecule has 0 saturated carbocycles. The first-order chi connectivity index (χ1) is 35.0. The van der Waals surface area contributed by atoms with Crippen molar-refractivity contribution in [2.24, 2.45) is 11.1 Å². The van der Waals surface area contributed by atoms with Crippen molar-refractivity contribution in [2.75, 3.05) is 43.5 Å². The molecule has 1 aliphatic heterocycles. The molecular weight excluding hydrogens is 1100 g/mol. The summed E-state index contributed by atoms with van der Waals surface area (Å²) >= 11 is 2.11. The molecule has 15 N–H and O–H groups in total. The maximum atomic E-state index is 12.8. The number of allylic oxidation sites excluding steroid dienone is 7. The van der Waals surface area contributed by atoms with Crippen LogP contribution in [0.2, 0.25) is 0 Å². The van der Waals surface area contributed by atoms with Crippen molar-refractivity contribution in [1.82, 2.24) is 30.2 Å². The minimum Gasteiger partial charge on any atom is -0.481 e. The molecule has 30 nitrogen and oxygen atoms in total. The Bertz CT molecular complexity index is 2530. The van der Waals surface area contributed by atoms with E-state index in [0.717, 1.165) is 40.7 Å². The Labute approximate surface area is 436 Å². The van der Waals surface area contributed by atoms with E-state index in [1.165, 1.54) is 13.8 Å². The van der Waals surface area contributed by atoms with Crippen molar-refractivity contribution in [3.8, 4) is 0 Å². The van der Waals surface area contributed by atoms with E-state index in [0.29, 0.717) is 0 Å². The number of aliphatic hydroxyl groups is 3. The molecule has 10 atom stereocenters. The first-order valence-electron chi connectivity index (χ1n) is 22.2. The summed E-state index contributed by atoms with van der Waals surface area (Å²) in [7, 11) is -16.5. The van der Waals surface area contributed by atoms with Crippen molar-refractivity contribution in [1.29, 1.82) is 0 Å². The number of rotatable bonds is 34. The number of nitrogens with two attached hydrogens (primary N) is 2. The van der Waals surface area contributed by atoms with Gasteiger partial charge in [-0.3, -0.25) is 42.1 Å². The predicted octanol–water partition coefficient (Wildman–Crippen LogP) is 0.409. The van der Waals surface area contributed by atoms with E-state index >= 15 is 0 Å². The number of hydrogen-bond acceptors (Lipinski definition) is 23. The SMILES string of the molecule is CC(C)(COP(=O)(O)OP(=O)(O)OC[C@H]1O[C@@H](n2cnc3c(N)ncnc32)[C@@H](O)[C@H]1OP(=O)(O)O)C(O)C(=O)NCCC(=O)NCCSC(=O)C/C=C/C=C\C=C\C=C\[C@@H](SC[C@@H](N)C(=O)O)[C@@H](O)CCCC(=O)O. The quantitative estimate of drug-likeness (QED) is 0.0256. The number of aromatic nitrogens is 4. The molecule has 0 aromatic carbocycles. The lowest BCUT2D eigenvalue weighted by Gasteiger charge is -2.30. The molecule has 3 unspecified atom stereocenters. The number of imidazole rings is 1. The second kappa shape index (κ2) is 30.6. The Morgan fingerprint density at radius 1 is 0.933 bits per heavy atom. The van der Waals surface area contributed by atoms with Gasteiger partial charge in [-0.2, -0.15) is 4.31 Å². The molecule has 0 aliphatic carbocycles. The van der Waals surface area contributed by atoms with Crippen LogP contribution in [0.1, 0.15) is 52.2 Å². The van der Waals surface area contributed by atoms with E-state index < -0.39 is 114 Å².